The number of aromatic nitrogens is 1. The molecule has 1 heterocycles. The number of rotatable bonds is 1. The summed E-state index contributed by atoms with van der Waals surface area (Å²) in [5, 5.41) is 1.53. The minimum atomic E-state index is -0.116. The molecule has 0 N–H and O–H groups in total. The number of nitrogens with zero attached hydrogens (tertiary/aromatic N) is 1. The lowest BCUT2D eigenvalue weighted by molar-refractivity contribution is 0.101. The van der Waals surface area contributed by atoms with Gasteiger partial charge in [0.1, 0.15) is 5.15 Å². The van der Waals surface area contributed by atoms with Gasteiger partial charge in [-0.25, -0.2) is 4.98 Å². The van der Waals surface area contributed by atoms with Crippen LogP contribution in [0.5, 0.6) is 0 Å². The van der Waals surface area contributed by atoms with Crippen LogP contribution >= 0.6 is 23.2 Å². The highest BCUT2D eigenvalue weighted by Gasteiger charge is 2.10. The van der Waals surface area contributed by atoms with Crippen LogP contribution in [0.25, 0.3) is 10.9 Å². The van der Waals surface area contributed by atoms with E-state index in [2.05, 4.69) is 4.98 Å². The maximum atomic E-state index is 11.3. The van der Waals surface area contributed by atoms with Gasteiger partial charge in [0.2, 0.25) is 0 Å². The van der Waals surface area contributed by atoms with Crippen molar-refractivity contribution in [2.75, 3.05) is 0 Å². The van der Waals surface area contributed by atoms with Gasteiger partial charge in [-0.2, -0.15) is 0 Å². The standard InChI is InChI=1S/C11H7Cl2NO/c1-6(15)7-5-8-9(12)3-2-4-10(8)14-11(7)13/h2-5H,1H3. The summed E-state index contributed by atoms with van der Waals surface area (Å²) < 4.78 is 0. The maximum Gasteiger partial charge on any atom is 0.162 e. The minimum absolute atomic E-state index is 0.116. The van der Waals surface area contributed by atoms with Crippen molar-refractivity contribution in [1.82, 2.24) is 4.98 Å². The average molecular weight is 240 g/mol. The lowest BCUT2D eigenvalue weighted by atomic mass is 10.1. The molecule has 2 aromatic rings. The van der Waals surface area contributed by atoms with E-state index in [-0.39, 0.29) is 10.9 Å². The quantitative estimate of drug-likeness (QED) is 0.561. The Kier molecular flexibility index (Phi) is 2.63. The van der Waals surface area contributed by atoms with Crippen molar-refractivity contribution in [1.29, 1.82) is 0 Å². The first-order valence-corrected chi connectivity index (χ1v) is 5.11. The van der Waals surface area contributed by atoms with Crippen molar-refractivity contribution in [2.45, 2.75) is 6.92 Å². The summed E-state index contributed by atoms with van der Waals surface area (Å²) in [6.07, 6.45) is 0. The molecule has 4 heteroatoms. The number of fused-ring (bicyclic) bond motifs is 1. The van der Waals surface area contributed by atoms with E-state index in [1.54, 1.807) is 24.3 Å². The summed E-state index contributed by atoms with van der Waals surface area (Å²) in [4.78, 5) is 15.4. The van der Waals surface area contributed by atoms with E-state index in [0.717, 1.165) is 5.39 Å². The molecule has 0 unspecified atom stereocenters. The van der Waals surface area contributed by atoms with Crippen molar-refractivity contribution in [2.24, 2.45) is 0 Å². The van der Waals surface area contributed by atoms with Gasteiger partial charge in [0.15, 0.2) is 5.78 Å². The van der Waals surface area contributed by atoms with E-state index in [1.165, 1.54) is 6.92 Å². The zero-order chi connectivity index (χ0) is 11.0. The minimum Gasteiger partial charge on any atom is -0.294 e. The van der Waals surface area contributed by atoms with Gasteiger partial charge in [-0.3, -0.25) is 4.79 Å². The van der Waals surface area contributed by atoms with Crippen molar-refractivity contribution in [3.8, 4) is 0 Å². The second-order valence-electron chi connectivity index (χ2n) is 3.19. The Morgan fingerprint density at radius 1 is 1.33 bits per heavy atom. The lowest BCUT2D eigenvalue weighted by Gasteiger charge is -2.03. The van der Waals surface area contributed by atoms with Crippen LogP contribution in [0.1, 0.15) is 17.3 Å². The van der Waals surface area contributed by atoms with E-state index < -0.39 is 0 Å². The molecule has 0 aliphatic heterocycles. The molecule has 0 atom stereocenters. The maximum absolute atomic E-state index is 11.3. The highest BCUT2D eigenvalue weighted by atomic mass is 35.5. The topological polar surface area (TPSA) is 30.0 Å². The first kappa shape index (κ1) is 10.4. The molecule has 0 amide bonds. The fraction of sp³-hybridized carbons (Fsp3) is 0.0909. The number of carbonyl (C=O) groups excluding carboxylic acids is 1. The molecule has 0 radical (unpaired) electrons. The molecule has 76 valence electrons. The monoisotopic (exact) mass is 239 g/mol. The molecule has 0 fully saturated rings. The lowest BCUT2D eigenvalue weighted by Crippen LogP contribution is -1.96. The zero-order valence-corrected chi connectivity index (χ0v) is 9.43. The summed E-state index contributed by atoms with van der Waals surface area (Å²) in [6, 6.07) is 7.02. The fourth-order valence-corrected chi connectivity index (χ4v) is 1.89. The first-order valence-electron chi connectivity index (χ1n) is 4.35. The van der Waals surface area contributed by atoms with Crippen LogP contribution in [-0.2, 0) is 0 Å². The van der Waals surface area contributed by atoms with E-state index in [0.29, 0.717) is 16.1 Å². The Bertz CT molecular complexity index is 552. The zero-order valence-electron chi connectivity index (χ0n) is 7.92. The van der Waals surface area contributed by atoms with E-state index in [9.17, 15) is 4.79 Å². The van der Waals surface area contributed by atoms with E-state index >= 15 is 0 Å². The summed E-state index contributed by atoms with van der Waals surface area (Å²) >= 11 is 11.9. The van der Waals surface area contributed by atoms with Crippen LogP contribution < -0.4 is 0 Å². The van der Waals surface area contributed by atoms with Crippen LogP contribution in [0.15, 0.2) is 24.3 Å². The second kappa shape index (κ2) is 3.80. The SMILES string of the molecule is CC(=O)c1cc2c(Cl)cccc2nc1Cl. The molecule has 2 nitrogen and oxygen atoms in total. The Morgan fingerprint density at radius 2 is 2.07 bits per heavy atom. The molecule has 0 aliphatic carbocycles. The third-order valence-corrected chi connectivity index (χ3v) is 2.76. The number of carbonyl (C=O) groups is 1. The van der Waals surface area contributed by atoms with Gasteiger partial charge in [-0.15, -0.1) is 0 Å². The third kappa shape index (κ3) is 1.83. The predicted molar refractivity (Wildman–Crippen MR) is 61.8 cm³/mol. The first-order chi connectivity index (χ1) is 7.09. The van der Waals surface area contributed by atoms with Crippen LogP contribution in [-0.4, -0.2) is 10.8 Å². The number of hydrogen-bond donors (Lipinski definition) is 0. The Morgan fingerprint density at radius 3 is 2.73 bits per heavy atom. The summed E-state index contributed by atoms with van der Waals surface area (Å²) in [6.45, 7) is 1.45. The van der Waals surface area contributed by atoms with Crippen molar-refractivity contribution >= 4 is 39.9 Å². The van der Waals surface area contributed by atoms with E-state index in [4.69, 9.17) is 23.2 Å². The van der Waals surface area contributed by atoms with Gasteiger partial charge >= 0.3 is 0 Å². The number of ketones is 1. The van der Waals surface area contributed by atoms with Crippen LogP contribution in [0.4, 0.5) is 0 Å². The van der Waals surface area contributed by atoms with Gasteiger partial charge in [-0.1, -0.05) is 29.3 Å². The van der Waals surface area contributed by atoms with Gasteiger partial charge in [0.25, 0.3) is 0 Å². The molecule has 0 spiro atoms. The molecule has 15 heavy (non-hydrogen) atoms. The molecule has 0 saturated heterocycles. The summed E-state index contributed by atoms with van der Waals surface area (Å²) in [5.41, 5.74) is 1.09. The third-order valence-electron chi connectivity index (χ3n) is 2.14. The molecular weight excluding hydrogens is 233 g/mol. The number of hydrogen-bond acceptors (Lipinski definition) is 2. The second-order valence-corrected chi connectivity index (χ2v) is 3.95. The summed E-state index contributed by atoms with van der Waals surface area (Å²) in [5.74, 6) is -0.116. The van der Waals surface area contributed by atoms with Gasteiger partial charge in [0, 0.05) is 10.4 Å². The molecule has 1 aromatic heterocycles. The van der Waals surface area contributed by atoms with Crippen molar-refractivity contribution in [3.63, 3.8) is 0 Å². The molecule has 0 aliphatic rings. The predicted octanol–water partition coefficient (Wildman–Crippen LogP) is 3.74. The van der Waals surface area contributed by atoms with Crippen molar-refractivity contribution in [3.05, 3.63) is 40.0 Å². The molecule has 0 saturated carbocycles. The Hall–Kier alpha value is -1.12. The molecule has 0 bridgehead atoms. The fourth-order valence-electron chi connectivity index (χ4n) is 1.38. The smallest absolute Gasteiger partial charge is 0.162 e. The number of Topliss-reactive ketones (excluding diaryl/α,β-unsaturated/α-hetero) is 1. The highest BCUT2D eigenvalue weighted by molar-refractivity contribution is 6.36. The van der Waals surface area contributed by atoms with E-state index in [1.807, 2.05) is 0 Å². The largest absolute Gasteiger partial charge is 0.294 e. The van der Waals surface area contributed by atoms with Crippen molar-refractivity contribution < 1.29 is 4.79 Å². The average Bonchev–Trinajstić information content (AvgIpc) is 2.16. The molecule has 1 aromatic carbocycles. The Labute approximate surface area is 96.8 Å². The Balaban J connectivity index is 2.83. The summed E-state index contributed by atoms with van der Waals surface area (Å²) in [7, 11) is 0. The van der Waals surface area contributed by atoms with Crippen LogP contribution in [0, 0.1) is 0 Å². The van der Waals surface area contributed by atoms with Gasteiger partial charge in [0.05, 0.1) is 11.1 Å². The van der Waals surface area contributed by atoms with Gasteiger partial charge in [-0.05, 0) is 25.1 Å². The van der Waals surface area contributed by atoms with Crippen LogP contribution in [0.2, 0.25) is 10.2 Å². The van der Waals surface area contributed by atoms with Crippen LogP contribution in [0.3, 0.4) is 0 Å². The molecular formula is C11H7Cl2NO. The highest BCUT2D eigenvalue weighted by Crippen LogP contribution is 2.26. The number of halogens is 2. The normalized spacial score (nSPS) is 10.6. The number of benzene rings is 1. The van der Waals surface area contributed by atoms with Gasteiger partial charge < -0.3 is 0 Å². The number of pyridine rings is 1. The molecule has 2 rings (SSSR count).